The summed E-state index contributed by atoms with van der Waals surface area (Å²) in [5.41, 5.74) is 5.83. The molecule has 1 aromatic carbocycles. The first-order chi connectivity index (χ1) is 9.00. The molecule has 1 aliphatic carbocycles. The maximum atomic E-state index is 13.3. The molecule has 3 nitrogen and oxygen atoms in total. The molecule has 1 fully saturated rings. The summed E-state index contributed by atoms with van der Waals surface area (Å²) in [5.74, 6) is 0.0871. The highest BCUT2D eigenvalue weighted by molar-refractivity contribution is 5.36. The SMILES string of the molecule is C[C@H](N)c1ccc(F)cc1OCC1(O)CCCCC1. The number of hydrogen-bond acceptors (Lipinski definition) is 3. The topological polar surface area (TPSA) is 55.5 Å². The molecule has 0 radical (unpaired) electrons. The number of halogens is 1. The van der Waals surface area contributed by atoms with Crippen LogP contribution in [0.4, 0.5) is 4.39 Å². The van der Waals surface area contributed by atoms with E-state index in [1.165, 1.54) is 12.1 Å². The van der Waals surface area contributed by atoms with Gasteiger partial charge in [0.05, 0.1) is 5.60 Å². The van der Waals surface area contributed by atoms with Crippen molar-refractivity contribution in [2.75, 3.05) is 6.61 Å². The number of hydrogen-bond donors (Lipinski definition) is 2. The van der Waals surface area contributed by atoms with Crippen LogP contribution in [0.15, 0.2) is 18.2 Å². The maximum absolute atomic E-state index is 13.3. The standard InChI is InChI=1S/C15H22FNO2/c1-11(17)13-6-5-12(16)9-14(13)19-10-15(18)7-3-2-4-8-15/h5-6,9,11,18H,2-4,7-8,10,17H2,1H3/t11-/m0/s1. The first kappa shape index (κ1) is 14.3. The van der Waals surface area contributed by atoms with E-state index in [1.807, 2.05) is 6.92 Å². The Morgan fingerprint density at radius 2 is 2.05 bits per heavy atom. The minimum Gasteiger partial charge on any atom is -0.490 e. The van der Waals surface area contributed by atoms with Crippen LogP contribution in [0.5, 0.6) is 5.75 Å². The summed E-state index contributed by atoms with van der Waals surface area (Å²) in [6, 6.07) is 4.13. The smallest absolute Gasteiger partial charge is 0.127 e. The summed E-state index contributed by atoms with van der Waals surface area (Å²) in [4.78, 5) is 0. The van der Waals surface area contributed by atoms with Gasteiger partial charge in [0.2, 0.25) is 0 Å². The van der Waals surface area contributed by atoms with Gasteiger partial charge >= 0.3 is 0 Å². The molecule has 2 rings (SSSR count). The van der Waals surface area contributed by atoms with Crippen LogP contribution in [0.25, 0.3) is 0 Å². The molecule has 4 heteroatoms. The molecule has 106 valence electrons. The number of rotatable bonds is 4. The zero-order chi connectivity index (χ0) is 13.9. The first-order valence-corrected chi connectivity index (χ1v) is 6.90. The summed E-state index contributed by atoms with van der Waals surface area (Å²) in [6.45, 7) is 2.03. The molecule has 0 bridgehead atoms. The zero-order valence-corrected chi connectivity index (χ0v) is 11.4. The van der Waals surface area contributed by atoms with E-state index in [2.05, 4.69) is 0 Å². The van der Waals surface area contributed by atoms with Crippen molar-refractivity contribution in [2.24, 2.45) is 5.73 Å². The van der Waals surface area contributed by atoms with Gasteiger partial charge in [0.1, 0.15) is 18.2 Å². The van der Waals surface area contributed by atoms with Gasteiger partial charge in [0.15, 0.2) is 0 Å². The van der Waals surface area contributed by atoms with Crippen LogP contribution in [0, 0.1) is 5.82 Å². The quantitative estimate of drug-likeness (QED) is 0.882. The van der Waals surface area contributed by atoms with Gasteiger partial charge in [-0.1, -0.05) is 25.3 Å². The largest absolute Gasteiger partial charge is 0.490 e. The van der Waals surface area contributed by atoms with Gasteiger partial charge in [-0.2, -0.15) is 0 Å². The molecule has 1 saturated carbocycles. The van der Waals surface area contributed by atoms with Crippen LogP contribution >= 0.6 is 0 Å². The molecule has 1 aromatic rings. The Morgan fingerprint density at radius 3 is 2.68 bits per heavy atom. The first-order valence-electron chi connectivity index (χ1n) is 6.90. The van der Waals surface area contributed by atoms with Gasteiger partial charge in [-0.15, -0.1) is 0 Å². The molecule has 0 heterocycles. The highest BCUT2D eigenvalue weighted by atomic mass is 19.1. The average Bonchev–Trinajstić information content (AvgIpc) is 2.37. The Bertz CT molecular complexity index is 428. The molecular weight excluding hydrogens is 245 g/mol. The fourth-order valence-electron chi connectivity index (χ4n) is 2.58. The van der Waals surface area contributed by atoms with E-state index in [1.54, 1.807) is 6.07 Å². The molecule has 0 aromatic heterocycles. The van der Waals surface area contributed by atoms with E-state index in [0.717, 1.165) is 37.7 Å². The molecule has 0 unspecified atom stereocenters. The lowest BCUT2D eigenvalue weighted by Gasteiger charge is -2.32. The third-order valence-electron chi connectivity index (χ3n) is 3.75. The molecule has 0 aliphatic heterocycles. The highest BCUT2D eigenvalue weighted by Gasteiger charge is 2.30. The van der Waals surface area contributed by atoms with Crippen LogP contribution in [0.2, 0.25) is 0 Å². The van der Waals surface area contributed by atoms with Gasteiger partial charge in [-0.3, -0.25) is 0 Å². The summed E-state index contributed by atoms with van der Waals surface area (Å²) in [6.07, 6.45) is 4.69. The molecule has 0 spiro atoms. The lowest BCUT2D eigenvalue weighted by molar-refractivity contribution is -0.0342. The molecule has 0 saturated heterocycles. The third-order valence-corrected chi connectivity index (χ3v) is 3.75. The molecule has 0 amide bonds. The van der Waals surface area contributed by atoms with Crippen molar-refractivity contribution in [2.45, 2.75) is 50.7 Å². The minimum atomic E-state index is -0.778. The molecule has 3 N–H and O–H groups in total. The number of ether oxygens (including phenoxy) is 1. The lowest BCUT2D eigenvalue weighted by Crippen LogP contribution is -2.38. The van der Waals surface area contributed by atoms with E-state index < -0.39 is 5.60 Å². The van der Waals surface area contributed by atoms with Crippen molar-refractivity contribution in [1.29, 1.82) is 0 Å². The fraction of sp³-hybridized carbons (Fsp3) is 0.600. The maximum Gasteiger partial charge on any atom is 0.127 e. The van der Waals surface area contributed by atoms with E-state index >= 15 is 0 Å². The second-order valence-electron chi connectivity index (χ2n) is 5.54. The van der Waals surface area contributed by atoms with Crippen molar-refractivity contribution >= 4 is 0 Å². The third kappa shape index (κ3) is 3.67. The molecular formula is C15H22FNO2. The van der Waals surface area contributed by atoms with Crippen molar-refractivity contribution in [3.63, 3.8) is 0 Å². The monoisotopic (exact) mass is 267 g/mol. The normalized spacial score (nSPS) is 20.0. The van der Waals surface area contributed by atoms with Gasteiger partial charge in [-0.05, 0) is 25.8 Å². The summed E-state index contributed by atoms with van der Waals surface area (Å²) < 4.78 is 18.9. The Hall–Kier alpha value is -1.13. The Balaban J connectivity index is 2.07. The predicted octanol–water partition coefficient (Wildman–Crippen LogP) is 2.92. The lowest BCUT2D eigenvalue weighted by atomic mass is 9.85. The molecule has 19 heavy (non-hydrogen) atoms. The Morgan fingerprint density at radius 1 is 1.37 bits per heavy atom. The van der Waals surface area contributed by atoms with Gasteiger partial charge in [0.25, 0.3) is 0 Å². The fourth-order valence-corrected chi connectivity index (χ4v) is 2.58. The van der Waals surface area contributed by atoms with Crippen molar-refractivity contribution in [3.8, 4) is 5.75 Å². The minimum absolute atomic E-state index is 0.205. The number of nitrogens with two attached hydrogens (primary N) is 1. The van der Waals surface area contributed by atoms with E-state index in [0.29, 0.717) is 5.75 Å². The van der Waals surface area contributed by atoms with Crippen molar-refractivity contribution in [3.05, 3.63) is 29.6 Å². The molecule has 1 atom stereocenters. The van der Waals surface area contributed by atoms with Crippen molar-refractivity contribution < 1.29 is 14.2 Å². The summed E-state index contributed by atoms with van der Waals surface area (Å²) in [7, 11) is 0. The van der Waals surface area contributed by atoms with Crippen LogP contribution < -0.4 is 10.5 Å². The highest BCUT2D eigenvalue weighted by Crippen LogP contribution is 2.31. The molecule has 1 aliphatic rings. The van der Waals surface area contributed by atoms with Gasteiger partial charge < -0.3 is 15.6 Å². The number of aliphatic hydroxyl groups is 1. The average molecular weight is 267 g/mol. The summed E-state index contributed by atoms with van der Waals surface area (Å²) in [5, 5.41) is 10.4. The van der Waals surface area contributed by atoms with E-state index in [-0.39, 0.29) is 18.5 Å². The van der Waals surface area contributed by atoms with Crippen molar-refractivity contribution in [1.82, 2.24) is 0 Å². The zero-order valence-electron chi connectivity index (χ0n) is 11.4. The summed E-state index contributed by atoms with van der Waals surface area (Å²) >= 11 is 0. The van der Waals surface area contributed by atoms with Crippen LogP contribution in [-0.2, 0) is 0 Å². The predicted molar refractivity (Wildman–Crippen MR) is 72.5 cm³/mol. The van der Waals surface area contributed by atoms with Gasteiger partial charge in [0, 0.05) is 17.7 Å². The number of benzene rings is 1. The van der Waals surface area contributed by atoms with Crippen LogP contribution in [0.3, 0.4) is 0 Å². The Kier molecular flexibility index (Phi) is 4.42. The van der Waals surface area contributed by atoms with Crippen LogP contribution in [0.1, 0.15) is 50.6 Å². The van der Waals surface area contributed by atoms with Crippen LogP contribution in [-0.4, -0.2) is 17.3 Å². The van der Waals surface area contributed by atoms with Gasteiger partial charge in [-0.25, -0.2) is 4.39 Å². The van der Waals surface area contributed by atoms with E-state index in [4.69, 9.17) is 10.5 Å². The second kappa shape index (κ2) is 5.88. The Labute approximate surface area is 113 Å². The second-order valence-corrected chi connectivity index (χ2v) is 5.54. The van der Waals surface area contributed by atoms with E-state index in [9.17, 15) is 9.50 Å².